The van der Waals surface area contributed by atoms with E-state index in [9.17, 15) is 17.6 Å². The lowest BCUT2D eigenvalue weighted by molar-refractivity contribution is -0.121. The summed E-state index contributed by atoms with van der Waals surface area (Å²) in [6.45, 7) is 1.20. The quantitative estimate of drug-likeness (QED) is 0.551. The van der Waals surface area contributed by atoms with Crippen molar-refractivity contribution >= 4 is 27.4 Å². The zero-order valence-corrected chi connectivity index (χ0v) is 16.7. The minimum absolute atomic E-state index is 0.0465. The number of anilines is 1. The predicted octanol–water partition coefficient (Wildman–Crippen LogP) is 0.327. The molecular formula is C18H20FN7O3S. The van der Waals surface area contributed by atoms with E-state index < -0.39 is 20.7 Å². The van der Waals surface area contributed by atoms with Gasteiger partial charge in [-0.15, -0.1) is 15.3 Å². The summed E-state index contributed by atoms with van der Waals surface area (Å²) in [6.07, 6.45) is 2.22. The molecule has 158 valence electrons. The molecule has 1 unspecified atom stereocenters. The monoisotopic (exact) mass is 433 g/mol. The Morgan fingerprint density at radius 1 is 1.23 bits per heavy atom. The van der Waals surface area contributed by atoms with Crippen molar-refractivity contribution in [3.05, 3.63) is 48.5 Å². The van der Waals surface area contributed by atoms with Gasteiger partial charge in [-0.25, -0.2) is 17.5 Å². The molecule has 0 spiro atoms. The summed E-state index contributed by atoms with van der Waals surface area (Å²) in [6, 6.07) is 8.70. The molecule has 3 aromatic rings. The van der Waals surface area contributed by atoms with Gasteiger partial charge >= 0.3 is 0 Å². The summed E-state index contributed by atoms with van der Waals surface area (Å²) in [5.74, 6) is -0.351. The van der Waals surface area contributed by atoms with Crippen LogP contribution in [0.1, 0.15) is 12.8 Å². The number of carbonyl (C=O) groups excluding carboxylic acids is 1. The van der Waals surface area contributed by atoms with E-state index in [1.165, 1.54) is 24.5 Å². The van der Waals surface area contributed by atoms with Gasteiger partial charge in [0.2, 0.25) is 15.9 Å². The highest BCUT2D eigenvalue weighted by atomic mass is 32.2. The third kappa shape index (κ3) is 4.39. The molecule has 1 amide bonds. The molecule has 1 aliphatic rings. The van der Waals surface area contributed by atoms with E-state index in [0.717, 1.165) is 24.8 Å². The van der Waals surface area contributed by atoms with Gasteiger partial charge in [0.25, 0.3) is 0 Å². The van der Waals surface area contributed by atoms with Crippen LogP contribution in [0.5, 0.6) is 0 Å². The van der Waals surface area contributed by atoms with E-state index in [4.69, 9.17) is 0 Å². The van der Waals surface area contributed by atoms with Crippen LogP contribution in [-0.2, 0) is 14.8 Å². The fourth-order valence-electron chi connectivity index (χ4n) is 3.31. The number of halogens is 1. The largest absolute Gasteiger partial charge is 0.353 e. The highest BCUT2D eigenvalue weighted by Crippen LogP contribution is 2.18. The summed E-state index contributed by atoms with van der Waals surface area (Å²) in [4.78, 5) is 13.8. The van der Waals surface area contributed by atoms with Crippen molar-refractivity contribution in [1.82, 2.24) is 29.9 Å². The third-order valence-electron chi connectivity index (χ3n) is 4.80. The first-order valence-corrected chi connectivity index (χ1v) is 10.9. The summed E-state index contributed by atoms with van der Waals surface area (Å²) in [5, 5.41) is 15.1. The highest BCUT2D eigenvalue weighted by Gasteiger charge is 2.25. The fraction of sp³-hybridized carbons (Fsp3) is 0.333. The Balaban J connectivity index is 1.26. The first-order chi connectivity index (χ1) is 14.4. The van der Waals surface area contributed by atoms with Gasteiger partial charge < -0.3 is 10.2 Å². The molecule has 2 aromatic heterocycles. The first kappa shape index (κ1) is 20.2. The lowest BCUT2D eigenvalue weighted by Crippen LogP contribution is -2.39. The van der Waals surface area contributed by atoms with Gasteiger partial charge in [-0.3, -0.25) is 4.79 Å². The van der Waals surface area contributed by atoms with Gasteiger partial charge in [-0.2, -0.15) is 4.52 Å². The van der Waals surface area contributed by atoms with E-state index in [2.05, 4.69) is 25.3 Å². The van der Waals surface area contributed by atoms with Gasteiger partial charge in [-0.05, 0) is 30.7 Å². The lowest BCUT2D eigenvalue weighted by Gasteiger charge is -2.17. The van der Waals surface area contributed by atoms with E-state index in [1.54, 1.807) is 4.52 Å². The van der Waals surface area contributed by atoms with Gasteiger partial charge in [0.05, 0.1) is 0 Å². The standard InChI is InChI=1S/C18H20FN7O3S/c19-14-3-1-2-4-15(14)30(28,29)21-9-7-18(27)22-13-8-10-25(11-13)17-6-5-16-23-20-12-26(16)24-17/h1-6,12-13,21H,7-11H2,(H,22,27). The zero-order valence-electron chi connectivity index (χ0n) is 15.9. The van der Waals surface area contributed by atoms with Gasteiger partial charge in [-0.1, -0.05) is 12.1 Å². The molecule has 3 heterocycles. The van der Waals surface area contributed by atoms with Gasteiger partial charge in [0.15, 0.2) is 5.65 Å². The molecule has 1 aliphatic heterocycles. The van der Waals surface area contributed by atoms with Crippen molar-refractivity contribution in [1.29, 1.82) is 0 Å². The van der Waals surface area contributed by atoms with Crippen LogP contribution in [0.2, 0.25) is 0 Å². The van der Waals surface area contributed by atoms with E-state index in [1.807, 2.05) is 17.0 Å². The number of carbonyl (C=O) groups is 1. The molecule has 0 saturated carbocycles. The number of rotatable bonds is 7. The van der Waals surface area contributed by atoms with Crippen molar-refractivity contribution in [2.24, 2.45) is 0 Å². The van der Waals surface area contributed by atoms with Crippen molar-refractivity contribution in [2.75, 3.05) is 24.5 Å². The van der Waals surface area contributed by atoms with Crippen LogP contribution in [0.4, 0.5) is 10.2 Å². The Labute approximate surface area is 172 Å². The van der Waals surface area contributed by atoms with Crippen LogP contribution in [0.25, 0.3) is 5.65 Å². The van der Waals surface area contributed by atoms with E-state index in [-0.39, 0.29) is 24.9 Å². The summed E-state index contributed by atoms with van der Waals surface area (Å²) in [5.41, 5.74) is 0.653. The van der Waals surface area contributed by atoms with Crippen LogP contribution < -0.4 is 14.9 Å². The number of nitrogens with one attached hydrogen (secondary N) is 2. The molecule has 1 atom stereocenters. The average molecular weight is 433 g/mol. The fourth-order valence-corrected chi connectivity index (χ4v) is 4.42. The van der Waals surface area contributed by atoms with Crippen LogP contribution in [0, 0.1) is 5.82 Å². The summed E-state index contributed by atoms with van der Waals surface area (Å²) < 4.78 is 41.8. The van der Waals surface area contributed by atoms with Gasteiger partial charge in [0.1, 0.15) is 22.9 Å². The molecule has 4 rings (SSSR count). The lowest BCUT2D eigenvalue weighted by atomic mass is 10.2. The Bertz CT molecular complexity index is 1170. The predicted molar refractivity (Wildman–Crippen MR) is 106 cm³/mol. The van der Waals surface area contributed by atoms with Crippen LogP contribution in [0.3, 0.4) is 0 Å². The zero-order chi connectivity index (χ0) is 21.1. The Kier molecular flexibility index (Phi) is 5.59. The van der Waals surface area contributed by atoms with Crippen molar-refractivity contribution < 1.29 is 17.6 Å². The number of benzene rings is 1. The minimum atomic E-state index is -4.01. The average Bonchev–Trinajstić information content (AvgIpc) is 3.36. The second kappa shape index (κ2) is 8.32. The molecule has 0 bridgehead atoms. The number of nitrogens with zero attached hydrogens (tertiary/aromatic N) is 5. The normalized spacial score (nSPS) is 16.8. The van der Waals surface area contributed by atoms with Crippen molar-refractivity contribution in [2.45, 2.75) is 23.8 Å². The maximum absolute atomic E-state index is 13.7. The molecule has 10 nitrogen and oxygen atoms in total. The van der Waals surface area contributed by atoms with Crippen LogP contribution in [0.15, 0.2) is 47.6 Å². The number of fused-ring (bicyclic) bond motifs is 1. The number of aromatic nitrogens is 4. The van der Waals surface area contributed by atoms with Gasteiger partial charge in [0, 0.05) is 32.1 Å². The molecule has 2 N–H and O–H groups in total. The highest BCUT2D eigenvalue weighted by molar-refractivity contribution is 7.89. The first-order valence-electron chi connectivity index (χ1n) is 9.38. The van der Waals surface area contributed by atoms with Crippen LogP contribution >= 0.6 is 0 Å². The molecule has 1 saturated heterocycles. The summed E-state index contributed by atoms with van der Waals surface area (Å²) >= 11 is 0. The second-order valence-corrected chi connectivity index (χ2v) is 8.64. The second-order valence-electron chi connectivity index (χ2n) is 6.90. The number of hydrogen-bond donors (Lipinski definition) is 2. The molecule has 0 radical (unpaired) electrons. The Morgan fingerprint density at radius 3 is 2.90 bits per heavy atom. The number of sulfonamides is 1. The minimum Gasteiger partial charge on any atom is -0.353 e. The molecule has 30 heavy (non-hydrogen) atoms. The molecule has 1 fully saturated rings. The SMILES string of the molecule is O=C(CCNS(=O)(=O)c1ccccc1F)NC1CCN(c2ccc3nncn3n2)C1. The third-order valence-corrected chi connectivity index (χ3v) is 6.29. The van der Waals surface area contributed by atoms with Crippen LogP contribution in [-0.4, -0.2) is 59.8 Å². The molecule has 1 aromatic carbocycles. The molecule has 0 aliphatic carbocycles. The smallest absolute Gasteiger partial charge is 0.243 e. The maximum Gasteiger partial charge on any atom is 0.243 e. The number of amides is 1. The van der Waals surface area contributed by atoms with E-state index >= 15 is 0 Å². The maximum atomic E-state index is 13.7. The van der Waals surface area contributed by atoms with Crippen molar-refractivity contribution in [3.8, 4) is 0 Å². The topological polar surface area (TPSA) is 122 Å². The Hall–Kier alpha value is -3.12. The summed E-state index contributed by atoms with van der Waals surface area (Å²) in [7, 11) is -4.01. The number of hydrogen-bond acceptors (Lipinski definition) is 7. The Morgan fingerprint density at radius 2 is 2.07 bits per heavy atom. The van der Waals surface area contributed by atoms with E-state index in [0.29, 0.717) is 12.2 Å². The molecular weight excluding hydrogens is 413 g/mol. The van der Waals surface area contributed by atoms with Crippen molar-refractivity contribution in [3.63, 3.8) is 0 Å². The molecule has 12 heteroatoms.